The van der Waals surface area contributed by atoms with E-state index in [9.17, 15) is 10.2 Å². The first-order chi connectivity index (χ1) is 10.1. The molecule has 2 N–H and O–H groups in total. The second-order valence-electron chi connectivity index (χ2n) is 8.31. The van der Waals surface area contributed by atoms with Gasteiger partial charge in [0.05, 0.1) is 6.10 Å². The van der Waals surface area contributed by atoms with E-state index < -0.39 is 0 Å². The van der Waals surface area contributed by atoms with Crippen molar-refractivity contribution < 1.29 is 10.2 Å². The number of aliphatic hydroxyl groups excluding tert-OH is 2. The van der Waals surface area contributed by atoms with Crippen LogP contribution in [0.4, 0.5) is 0 Å². The summed E-state index contributed by atoms with van der Waals surface area (Å²) in [5.41, 5.74) is 1.92. The molecule has 112 valence electrons. The molecule has 3 saturated carbocycles. The van der Waals surface area contributed by atoms with Crippen LogP contribution in [0.2, 0.25) is 0 Å². The van der Waals surface area contributed by atoms with Gasteiger partial charge in [-0.2, -0.15) is 0 Å². The average Bonchev–Trinajstić information content (AvgIpc) is 3.12. The van der Waals surface area contributed by atoms with E-state index in [2.05, 4.69) is 19.1 Å². The van der Waals surface area contributed by atoms with Crippen molar-refractivity contribution in [1.29, 1.82) is 0 Å². The van der Waals surface area contributed by atoms with Crippen LogP contribution >= 0.6 is 0 Å². The van der Waals surface area contributed by atoms with Crippen LogP contribution in [-0.2, 0) is 0 Å². The lowest BCUT2D eigenvalue weighted by Gasteiger charge is -2.54. The van der Waals surface area contributed by atoms with E-state index in [4.69, 9.17) is 0 Å². The highest BCUT2D eigenvalue weighted by Gasteiger charge is 2.76. The molecule has 0 aromatic rings. The molecule has 0 amide bonds. The molecule has 1 spiro atoms. The Morgan fingerprint density at radius 2 is 2.19 bits per heavy atom. The zero-order valence-electron chi connectivity index (χ0n) is 12.6. The fourth-order valence-corrected chi connectivity index (χ4v) is 6.80. The summed E-state index contributed by atoms with van der Waals surface area (Å²) in [6.45, 7) is 2.36. The van der Waals surface area contributed by atoms with Crippen molar-refractivity contribution in [2.24, 2.45) is 34.5 Å². The number of hydrogen-bond donors (Lipinski definition) is 2. The first kappa shape index (κ1) is 12.5. The van der Waals surface area contributed by atoms with Gasteiger partial charge in [0.25, 0.3) is 0 Å². The normalized spacial score (nSPS) is 56.6. The van der Waals surface area contributed by atoms with Gasteiger partial charge in [-0.25, -0.2) is 0 Å². The monoisotopic (exact) mass is 284 g/mol. The quantitative estimate of drug-likeness (QED) is 0.711. The molecule has 5 aliphatic carbocycles. The molecule has 2 heteroatoms. The molecule has 21 heavy (non-hydrogen) atoms. The first-order valence-corrected chi connectivity index (χ1v) is 8.53. The Balaban J connectivity index is 1.57. The smallest absolute Gasteiger partial charge is 0.115 e. The average molecular weight is 284 g/mol. The van der Waals surface area contributed by atoms with Gasteiger partial charge in [0, 0.05) is 5.92 Å². The van der Waals surface area contributed by atoms with E-state index >= 15 is 0 Å². The Morgan fingerprint density at radius 1 is 1.33 bits per heavy atom. The second-order valence-corrected chi connectivity index (χ2v) is 8.31. The maximum atomic E-state index is 10.6. The lowest BCUT2D eigenvalue weighted by molar-refractivity contribution is -0.0724. The third-order valence-electron chi connectivity index (χ3n) is 7.88. The SMILES string of the molecule is C[C@]12CC[C@H]3[C@@H](CC=C4C=C(O)C=C[C@@H]43)[C@@]13C[C@H]3C[C@@H]2O. The molecule has 0 bridgehead atoms. The van der Waals surface area contributed by atoms with Gasteiger partial charge in [-0.1, -0.05) is 19.1 Å². The highest BCUT2D eigenvalue weighted by Crippen LogP contribution is 2.81. The molecule has 5 aliphatic rings. The Bertz CT molecular complexity index is 601. The van der Waals surface area contributed by atoms with Crippen molar-refractivity contribution in [3.63, 3.8) is 0 Å². The van der Waals surface area contributed by atoms with E-state index in [1.54, 1.807) is 0 Å². The third-order valence-corrected chi connectivity index (χ3v) is 7.88. The molecule has 7 atom stereocenters. The topological polar surface area (TPSA) is 40.5 Å². The summed E-state index contributed by atoms with van der Waals surface area (Å²) in [6.07, 6.45) is 14.3. The third kappa shape index (κ3) is 1.30. The summed E-state index contributed by atoms with van der Waals surface area (Å²) in [6, 6.07) is 0. The predicted octanol–water partition coefficient (Wildman–Crippen LogP) is 3.75. The van der Waals surface area contributed by atoms with Crippen LogP contribution < -0.4 is 0 Å². The molecule has 0 saturated heterocycles. The predicted molar refractivity (Wildman–Crippen MR) is 81.5 cm³/mol. The standard InChI is InChI=1S/C19H24O2/c1-18-7-6-15-14-4-3-13(20)8-11(14)2-5-16(15)19(18)10-12(19)9-17(18)21/h2-4,8,12,14-17,20-21H,5-7,9-10H2,1H3/t12-,14+,15-,16-,17+,18-,19+/m1/s1. The first-order valence-electron chi connectivity index (χ1n) is 8.53. The van der Waals surface area contributed by atoms with Crippen LogP contribution in [0.3, 0.4) is 0 Å². The highest BCUT2D eigenvalue weighted by molar-refractivity contribution is 5.40. The Morgan fingerprint density at radius 3 is 3.05 bits per heavy atom. The number of aliphatic hydroxyl groups is 2. The molecule has 0 radical (unpaired) electrons. The second kappa shape index (κ2) is 3.65. The summed E-state index contributed by atoms with van der Waals surface area (Å²) in [5.74, 6) is 3.13. The van der Waals surface area contributed by atoms with Crippen molar-refractivity contribution in [3.8, 4) is 0 Å². The Kier molecular flexibility index (Phi) is 2.18. The van der Waals surface area contributed by atoms with Gasteiger partial charge in [0.15, 0.2) is 0 Å². The summed E-state index contributed by atoms with van der Waals surface area (Å²) in [7, 11) is 0. The molecule has 0 heterocycles. The zero-order valence-corrected chi connectivity index (χ0v) is 12.6. The van der Waals surface area contributed by atoms with Gasteiger partial charge in [0.2, 0.25) is 0 Å². The van der Waals surface area contributed by atoms with Gasteiger partial charge in [-0.05, 0) is 78.4 Å². The summed E-state index contributed by atoms with van der Waals surface area (Å²) < 4.78 is 0. The number of hydrogen-bond acceptors (Lipinski definition) is 2. The maximum absolute atomic E-state index is 10.6. The Hall–Kier alpha value is -1.02. The maximum Gasteiger partial charge on any atom is 0.115 e. The summed E-state index contributed by atoms with van der Waals surface area (Å²) in [4.78, 5) is 0. The van der Waals surface area contributed by atoms with E-state index in [0.717, 1.165) is 24.7 Å². The van der Waals surface area contributed by atoms with Crippen LogP contribution in [0.25, 0.3) is 0 Å². The van der Waals surface area contributed by atoms with Gasteiger partial charge in [0.1, 0.15) is 5.76 Å². The van der Waals surface area contributed by atoms with Gasteiger partial charge < -0.3 is 10.2 Å². The van der Waals surface area contributed by atoms with E-state index in [-0.39, 0.29) is 11.5 Å². The summed E-state index contributed by atoms with van der Waals surface area (Å²) >= 11 is 0. The van der Waals surface area contributed by atoms with E-state index in [1.165, 1.54) is 24.8 Å². The fourth-order valence-electron chi connectivity index (χ4n) is 6.80. The molecule has 3 fully saturated rings. The number of fused-ring (bicyclic) bond motifs is 3. The minimum atomic E-state index is -0.0755. The molecule has 0 unspecified atom stereocenters. The van der Waals surface area contributed by atoms with Crippen molar-refractivity contribution in [2.45, 2.75) is 45.1 Å². The summed E-state index contributed by atoms with van der Waals surface area (Å²) in [5, 5.41) is 20.3. The molecule has 5 rings (SSSR count). The fraction of sp³-hybridized carbons (Fsp3) is 0.684. The van der Waals surface area contributed by atoms with Crippen molar-refractivity contribution in [3.05, 3.63) is 35.6 Å². The molecule has 0 aromatic carbocycles. The minimum absolute atomic E-state index is 0.0755. The lowest BCUT2D eigenvalue weighted by Crippen LogP contribution is -2.49. The van der Waals surface area contributed by atoms with Crippen LogP contribution in [0, 0.1) is 34.5 Å². The largest absolute Gasteiger partial charge is 0.508 e. The van der Waals surface area contributed by atoms with Crippen molar-refractivity contribution >= 4 is 0 Å². The highest BCUT2D eigenvalue weighted by atomic mass is 16.3. The van der Waals surface area contributed by atoms with Gasteiger partial charge >= 0.3 is 0 Å². The van der Waals surface area contributed by atoms with Gasteiger partial charge in [-0.3, -0.25) is 0 Å². The minimum Gasteiger partial charge on any atom is -0.508 e. The van der Waals surface area contributed by atoms with E-state index in [0.29, 0.717) is 23.0 Å². The van der Waals surface area contributed by atoms with Crippen LogP contribution in [0.5, 0.6) is 0 Å². The van der Waals surface area contributed by atoms with Crippen LogP contribution in [0.1, 0.15) is 39.0 Å². The molecule has 2 nitrogen and oxygen atoms in total. The van der Waals surface area contributed by atoms with Crippen molar-refractivity contribution in [1.82, 2.24) is 0 Å². The number of allylic oxidation sites excluding steroid dienone is 5. The van der Waals surface area contributed by atoms with Crippen LogP contribution in [0.15, 0.2) is 35.6 Å². The molecule has 0 aliphatic heterocycles. The van der Waals surface area contributed by atoms with Crippen molar-refractivity contribution in [2.75, 3.05) is 0 Å². The Labute approximate surface area is 126 Å². The molecular formula is C19H24O2. The zero-order chi connectivity index (χ0) is 14.4. The van der Waals surface area contributed by atoms with Gasteiger partial charge in [-0.15, -0.1) is 0 Å². The van der Waals surface area contributed by atoms with Crippen LogP contribution in [-0.4, -0.2) is 16.3 Å². The lowest BCUT2D eigenvalue weighted by atomic mass is 9.51. The number of rotatable bonds is 0. The molecule has 0 aromatic heterocycles. The molecular weight excluding hydrogens is 260 g/mol. The van der Waals surface area contributed by atoms with E-state index in [1.807, 2.05) is 12.2 Å².